The standard InChI is InChI=1S/C19H35N3O2S/c1-4-24-16-13-15(19(16)7-6-8-19)22-17(20-3)21-14-18(25-5-2)9-11-23-12-10-18/h15-16H,4-14H2,1-3H3,(H2,20,21,22). The van der Waals surface area contributed by atoms with Crippen LogP contribution < -0.4 is 10.6 Å². The summed E-state index contributed by atoms with van der Waals surface area (Å²) in [5, 5.41) is 7.32. The first kappa shape index (κ1) is 19.3. The SMILES string of the molecule is CCOC1CC(NC(=NC)NCC2(SCC)CCOCC2)C12CCC2. The summed E-state index contributed by atoms with van der Waals surface area (Å²) < 4.78 is 11.8. The molecule has 3 aliphatic rings. The van der Waals surface area contributed by atoms with Gasteiger partial charge in [-0.3, -0.25) is 4.99 Å². The van der Waals surface area contributed by atoms with Crippen LogP contribution in [0.1, 0.15) is 52.4 Å². The predicted molar refractivity (Wildman–Crippen MR) is 106 cm³/mol. The molecule has 2 unspecified atom stereocenters. The zero-order valence-corrected chi connectivity index (χ0v) is 16.9. The second-order valence-corrected chi connectivity index (χ2v) is 9.35. The van der Waals surface area contributed by atoms with Gasteiger partial charge in [0.25, 0.3) is 0 Å². The predicted octanol–water partition coefficient (Wildman–Crippen LogP) is 2.80. The summed E-state index contributed by atoms with van der Waals surface area (Å²) in [4.78, 5) is 4.49. The maximum Gasteiger partial charge on any atom is 0.191 e. The number of hydrogen-bond acceptors (Lipinski definition) is 4. The molecule has 2 N–H and O–H groups in total. The summed E-state index contributed by atoms with van der Waals surface area (Å²) in [5.41, 5.74) is 0.363. The van der Waals surface area contributed by atoms with Gasteiger partial charge in [0.15, 0.2) is 5.96 Å². The Hall–Kier alpha value is -0.460. The molecule has 0 aromatic rings. The number of nitrogens with one attached hydrogen (secondary N) is 2. The molecule has 2 aliphatic carbocycles. The van der Waals surface area contributed by atoms with E-state index in [1.54, 1.807) is 0 Å². The smallest absolute Gasteiger partial charge is 0.191 e. The van der Waals surface area contributed by atoms with E-state index in [4.69, 9.17) is 9.47 Å². The molecule has 2 saturated carbocycles. The molecule has 0 aromatic heterocycles. The second kappa shape index (κ2) is 8.49. The number of nitrogens with zero attached hydrogens (tertiary/aromatic N) is 1. The van der Waals surface area contributed by atoms with Crippen LogP contribution in [-0.4, -0.2) is 62.0 Å². The third-order valence-corrected chi connectivity index (χ3v) is 7.86. The lowest BCUT2D eigenvalue weighted by Crippen LogP contribution is -2.69. The monoisotopic (exact) mass is 369 g/mol. The van der Waals surface area contributed by atoms with Gasteiger partial charge >= 0.3 is 0 Å². The van der Waals surface area contributed by atoms with Gasteiger partial charge in [-0.05, 0) is 44.8 Å². The van der Waals surface area contributed by atoms with Crippen LogP contribution in [0.15, 0.2) is 4.99 Å². The van der Waals surface area contributed by atoms with E-state index in [-0.39, 0.29) is 4.75 Å². The molecule has 6 heteroatoms. The molecule has 0 aromatic carbocycles. The zero-order chi connectivity index (χ0) is 17.8. The Labute approximate surface area is 157 Å². The lowest BCUT2D eigenvalue weighted by molar-refractivity contribution is -0.168. The molecule has 3 rings (SSSR count). The quantitative estimate of drug-likeness (QED) is 0.534. The molecule has 1 saturated heterocycles. The third-order valence-electron chi connectivity index (χ3n) is 6.40. The van der Waals surface area contributed by atoms with Crippen molar-refractivity contribution in [1.29, 1.82) is 0 Å². The van der Waals surface area contributed by atoms with E-state index in [0.29, 0.717) is 17.6 Å². The van der Waals surface area contributed by atoms with Crippen molar-refractivity contribution in [3.8, 4) is 0 Å². The number of rotatable bonds is 7. The minimum absolute atomic E-state index is 0.284. The average molecular weight is 370 g/mol. The van der Waals surface area contributed by atoms with Crippen LogP contribution in [-0.2, 0) is 9.47 Å². The van der Waals surface area contributed by atoms with Crippen LogP contribution in [0.5, 0.6) is 0 Å². The van der Waals surface area contributed by atoms with Crippen molar-refractivity contribution in [1.82, 2.24) is 10.6 Å². The van der Waals surface area contributed by atoms with Crippen molar-refractivity contribution >= 4 is 17.7 Å². The van der Waals surface area contributed by atoms with E-state index >= 15 is 0 Å². The van der Waals surface area contributed by atoms with E-state index in [1.165, 1.54) is 19.3 Å². The number of ether oxygens (including phenoxy) is 2. The molecular weight excluding hydrogens is 334 g/mol. The maximum absolute atomic E-state index is 5.97. The lowest BCUT2D eigenvalue weighted by Gasteiger charge is -2.61. The number of guanidine groups is 1. The van der Waals surface area contributed by atoms with Crippen LogP contribution in [0.25, 0.3) is 0 Å². The van der Waals surface area contributed by atoms with Gasteiger partial charge in [0.1, 0.15) is 0 Å². The van der Waals surface area contributed by atoms with Gasteiger partial charge in [-0.25, -0.2) is 0 Å². The maximum atomic E-state index is 5.97. The van der Waals surface area contributed by atoms with Crippen molar-refractivity contribution in [2.24, 2.45) is 10.4 Å². The minimum Gasteiger partial charge on any atom is -0.381 e. The largest absolute Gasteiger partial charge is 0.381 e. The van der Waals surface area contributed by atoms with Crippen molar-refractivity contribution in [2.45, 2.75) is 69.3 Å². The van der Waals surface area contributed by atoms with Gasteiger partial charge in [0, 0.05) is 49.6 Å². The highest BCUT2D eigenvalue weighted by molar-refractivity contribution is 8.00. The second-order valence-electron chi connectivity index (χ2n) is 7.62. The number of aliphatic imine (C=N–C) groups is 1. The fourth-order valence-electron chi connectivity index (χ4n) is 4.67. The molecule has 3 fully saturated rings. The summed E-state index contributed by atoms with van der Waals surface area (Å²) in [6.45, 7) is 7.89. The van der Waals surface area contributed by atoms with Crippen LogP contribution in [0, 0.1) is 5.41 Å². The Kier molecular flexibility index (Phi) is 6.55. The topological polar surface area (TPSA) is 54.9 Å². The summed E-state index contributed by atoms with van der Waals surface area (Å²) in [7, 11) is 1.88. The molecule has 1 spiro atoms. The zero-order valence-electron chi connectivity index (χ0n) is 16.1. The molecule has 1 aliphatic heterocycles. The highest BCUT2D eigenvalue weighted by Crippen LogP contribution is 2.57. The summed E-state index contributed by atoms with van der Waals surface area (Å²) >= 11 is 2.07. The fourth-order valence-corrected chi connectivity index (χ4v) is 5.91. The molecule has 0 bridgehead atoms. The first-order valence-electron chi connectivity index (χ1n) is 9.98. The fraction of sp³-hybridized carbons (Fsp3) is 0.947. The molecule has 2 atom stereocenters. The van der Waals surface area contributed by atoms with Crippen molar-refractivity contribution in [3.05, 3.63) is 0 Å². The van der Waals surface area contributed by atoms with Gasteiger partial charge in [-0.2, -0.15) is 11.8 Å². The molecule has 25 heavy (non-hydrogen) atoms. The Morgan fingerprint density at radius 1 is 1.24 bits per heavy atom. The minimum atomic E-state index is 0.284. The highest BCUT2D eigenvalue weighted by Gasteiger charge is 2.59. The Balaban J connectivity index is 1.53. The first-order valence-corrected chi connectivity index (χ1v) is 11.0. The molecule has 144 valence electrons. The average Bonchev–Trinajstić information content (AvgIpc) is 2.56. The van der Waals surface area contributed by atoms with E-state index in [0.717, 1.165) is 57.3 Å². The van der Waals surface area contributed by atoms with E-state index in [1.807, 2.05) is 7.05 Å². The van der Waals surface area contributed by atoms with Crippen LogP contribution in [0.4, 0.5) is 0 Å². The van der Waals surface area contributed by atoms with Crippen molar-refractivity contribution in [2.75, 3.05) is 39.2 Å². The molecule has 0 amide bonds. The van der Waals surface area contributed by atoms with Gasteiger partial charge in [-0.1, -0.05) is 13.3 Å². The van der Waals surface area contributed by atoms with Gasteiger partial charge in [0.05, 0.1) is 6.10 Å². The number of thioether (sulfide) groups is 1. The normalized spacial score (nSPS) is 30.4. The summed E-state index contributed by atoms with van der Waals surface area (Å²) in [5.74, 6) is 2.10. The van der Waals surface area contributed by atoms with Crippen molar-refractivity contribution < 1.29 is 9.47 Å². The van der Waals surface area contributed by atoms with Crippen LogP contribution in [0.2, 0.25) is 0 Å². The molecule has 0 radical (unpaired) electrons. The summed E-state index contributed by atoms with van der Waals surface area (Å²) in [6, 6.07) is 0.508. The molecular formula is C19H35N3O2S. The molecule has 5 nitrogen and oxygen atoms in total. The van der Waals surface area contributed by atoms with Crippen LogP contribution in [0.3, 0.4) is 0 Å². The van der Waals surface area contributed by atoms with Crippen molar-refractivity contribution in [3.63, 3.8) is 0 Å². The van der Waals surface area contributed by atoms with Gasteiger partial charge in [-0.15, -0.1) is 0 Å². The Morgan fingerprint density at radius 3 is 2.56 bits per heavy atom. The van der Waals surface area contributed by atoms with Gasteiger partial charge < -0.3 is 20.1 Å². The lowest BCUT2D eigenvalue weighted by atomic mass is 9.51. The molecule has 1 heterocycles. The van der Waals surface area contributed by atoms with E-state index in [9.17, 15) is 0 Å². The van der Waals surface area contributed by atoms with Gasteiger partial charge in [0.2, 0.25) is 0 Å². The van der Waals surface area contributed by atoms with Crippen LogP contribution >= 0.6 is 11.8 Å². The van der Waals surface area contributed by atoms with E-state index < -0.39 is 0 Å². The van der Waals surface area contributed by atoms with E-state index in [2.05, 4.69) is 41.2 Å². The number of hydrogen-bond donors (Lipinski definition) is 2. The summed E-state index contributed by atoms with van der Waals surface area (Å²) in [6.07, 6.45) is 7.71. The first-order chi connectivity index (χ1) is 12.2. The third kappa shape index (κ3) is 3.96. The Bertz CT molecular complexity index is 456. The Morgan fingerprint density at radius 2 is 2.00 bits per heavy atom. The highest BCUT2D eigenvalue weighted by atomic mass is 32.2.